The third-order valence-corrected chi connectivity index (χ3v) is 8.22. The first-order chi connectivity index (χ1) is 21.8. The third kappa shape index (κ3) is 3.68. The molecule has 6 nitrogen and oxygen atoms in total. The third-order valence-electron chi connectivity index (χ3n) is 8.22. The van der Waals surface area contributed by atoms with E-state index in [9.17, 15) is 0 Å². The minimum absolute atomic E-state index is 0.563. The van der Waals surface area contributed by atoms with Crippen LogP contribution in [-0.2, 0) is 0 Å². The number of nitrogens with zero attached hydrogens (tertiary/aromatic N) is 6. The molecule has 0 atom stereocenters. The van der Waals surface area contributed by atoms with Crippen molar-refractivity contribution in [2.24, 2.45) is 0 Å². The fourth-order valence-electron chi connectivity index (χ4n) is 6.33. The van der Waals surface area contributed by atoms with Crippen LogP contribution < -0.4 is 0 Å². The second-order valence-corrected chi connectivity index (χ2v) is 10.8. The highest BCUT2D eigenvalue weighted by atomic mass is 15.2. The average molecular weight is 565 g/mol. The van der Waals surface area contributed by atoms with Crippen LogP contribution in [0.4, 0.5) is 0 Å². The first-order valence-electron chi connectivity index (χ1n) is 14.6. The molecule has 0 spiro atoms. The van der Waals surface area contributed by atoms with Gasteiger partial charge in [-0.1, -0.05) is 103 Å². The molecule has 0 radical (unpaired) electrons. The predicted molar refractivity (Wildman–Crippen MR) is 177 cm³/mol. The smallest absolute Gasteiger partial charge is 0.238 e. The molecule has 9 rings (SSSR count). The minimum Gasteiger partial charge on any atom is -0.308 e. The fraction of sp³-hybridized carbons (Fsp3) is 0. The number of hydrogen-bond donors (Lipinski definition) is 0. The molecule has 0 aliphatic heterocycles. The maximum absolute atomic E-state index is 5.14. The van der Waals surface area contributed by atoms with Crippen LogP contribution in [0.1, 0.15) is 0 Å². The zero-order valence-corrected chi connectivity index (χ0v) is 23.5. The molecule has 0 N–H and O–H groups in total. The zero-order valence-electron chi connectivity index (χ0n) is 23.5. The summed E-state index contributed by atoms with van der Waals surface area (Å²) in [5, 5.41) is 3.30. The lowest BCUT2D eigenvalue weighted by Crippen LogP contribution is -2.06. The van der Waals surface area contributed by atoms with Gasteiger partial charge in [-0.3, -0.25) is 9.55 Å². The van der Waals surface area contributed by atoms with Crippen molar-refractivity contribution in [3.8, 4) is 34.4 Å². The highest BCUT2D eigenvalue weighted by Crippen LogP contribution is 2.41. The number of rotatable bonds is 4. The van der Waals surface area contributed by atoms with Gasteiger partial charge in [-0.25, -0.2) is 4.98 Å². The number of pyridine rings is 1. The van der Waals surface area contributed by atoms with E-state index in [-0.39, 0.29) is 0 Å². The molecule has 44 heavy (non-hydrogen) atoms. The summed E-state index contributed by atoms with van der Waals surface area (Å²) in [5.41, 5.74) is 8.04. The Bertz CT molecular complexity index is 2420. The Morgan fingerprint density at radius 3 is 1.75 bits per heavy atom. The first-order valence-corrected chi connectivity index (χ1v) is 14.6. The monoisotopic (exact) mass is 564 g/mol. The Morgan fingerprint density at radius 1 is 0.432 bits per heavy atom. The van der Waals surface area contributed by atoms with Crippen molar-refractivity contribution in [3.63, 3.8) is 0 Å². The second kappa shape index (κ2) is 9.71. The highest BCUT2D eigenvalue weighted by Gasteiger charge is 2.23. The van der Waals surface area contributed by atoms with Crippen molar-refractivity contribution in [2.45, 2.75) is 0 Å². The number of fused-ring (bicyclic) bond motifs is 7. The Morgan fingerprint density at radius 2 is 1.05 bits per heavy atom. The van der Waals surface area contributed by atoms with Crippen LogP contribution in [0.15, 0.2) is 146 Å². The van der Waals surface area contributed by atoms with Crippen molar-refractivity contribution in [3.05, 3.63) is 146 Å². The maximum atomic E-state index is 5.14. The van der Waals surface area contributed by atoms with Crippen LogP contribution in [0.3, 0.4) is 0 Å². The van der Waals surface area contributed by atoms with Crippen LogP contribution in [0.5, 0.6) is 0 Å². The molecule has 5 aromatic carbocycles. The van der Waals surface area contributed by atoms with E-state index in [1.54, 1.807) is 0 Å². The lowest BCUT2D eigenvalue weighted by molar-refractivity contribution is 0.955. The van der Waals surface area contributed by atoms with Crippen molar-refractivity contribution in [2.75, 3.05) is 0 Å². The molecular weight excluding hydrogens is 540 g/mol. The number of benzene rings is 5. The van der Waals surface area contributed by atoms with Gasteiger partial charge in [-0.05, 0) is 36.4 Å². The molecule has 0 bridgehead atoms. The van der Waals surface area contributed by atoms with Crippen molar-refractivity contribution >= 4 is 43.7 Å². The maximum Gasteiger partial charge on any atom is 0.238 e. The Balaban J connectivity index is 1.46. The van der Waals surface area contributed by atoms with Crippen molar-refractivity contribution in [1.29, 1.82) is 0 Å². The fourth-order valence-corrected chi connectivity index (χ4v) is 6.33. The van der Waals surface area contributed by atoms with E-state index in [1.807, 2.05) is 79.0 Å². The van der Waals surface area contributed by atoms with Crippen LogP contribution >= 0.6 is 0 Å². The summed E-state index contributed by atoms with van der Waals surface area (Å²) >= 11 is 0. The van der Waals surface area contributed by atoms with Gasteiger partial charge < -0.3 is 4.57 Å². The van der Waals surface area contributed by atoms with E-state index in [1.165, 1.54) is 0 Å². The Kier molecular flexibility index (Phi) is 5.40. The highest BCUT2D eigenvalue weighted by molar-refractivity contribution is 6.25. The van der Waals surface area contributed by atoms with E-state index in [4.69, 9.17) is 19.9 Å². The SMILES string of the molecule is c1ccc(-c2nc(-c3ccccc3)nc(-n3c4ccccc4c4ccc5c(c6ncccc6n5-c5ccccc5)c43)n2)cc1. The Hall–Kier alpha value is -6.14. The molecule has 4 heterocycles. The van der Waals surface area contributed by atoms with Crippen molar-refractivity contribution in [1.82, 2.24) is 29.1 Å². The van der Waals surface area contributed by atoms with E-state index >= 15 is 0 Å². The summed E-state index contributed by atoms with van der Waals surface area (Å²) < 4.78 is 4.48. The molecule has 9 aromatic rings. The average Bonchev–Trinajstić information content (AvgIpc) is 3.62. The van der Waals surface area contributed by atoms with E-state index in [0.717, 1.165) is 60.6 Å². The summed E-state index contributed by atoms with van der Waals surface area (Å²) in [5.74, 6) is 1.81. The molecular formula is C38H24N6. The normalized spacial score (nSPS) is 11.6. The molecule has 0 aliphatic carbocycles. The molecule has 0 fully saturated rings. The van der Waals surface area contributed by atoms with Gasteiger partial charge in [-0.15, -0.1) is 0 Å². The predicted octanol–water partition coefficient (Wildman–Crippen LogP) is 8.79. The number of hydrogen-bond acceptors (Lipinski definition) is 4. The van der Waals surface area contributed by atoms with Crippen LogP contribution in [-0.4, -0.2) is 29.1 Å². The van der Waals surface area contributed by atoms with Gasteiger partial charge in [0.05, 0.1) is 33.0 Å². The van der Waals surface area contributed by atoms with E-state index in [2.05, 4.69) is 75.9 Å². The summed E-state index contributed by atoms with van der Waals surface area (Å²) in [7, 11) is 0. The molecule has 0 saturated carbocycles. The molecule has 4 aromatic heterocycles. The number of para-hydroxylation sites is 2. The standard InChI is InChI=1S/C38H24N6/c1-4-13-25(14-5-1)36-40-37(26-15-6-2-7-16-26)42-38(41-36)44-30-20-11-10-19-28(30)29-22-23-31-33(35(29)44)34-32(21-12-24-39-34)43(31)27-17-8-3-9-18-27/h1-24H. The van der Waals surface area contributed by atoms with Gasteiger partial charge in [-0.2, -0.15) is 9.97 Å². The summed E-state index contributed by atoms with van der Waals surface area (Å²) in [6, 6.07) is 47.7. The van der Waals surface area contributed by atoms with Gasteiger partial charge >= 0.3 is 0 Å². The van der Waals surface area contributed by atoms with Gasteiger partial charge in [0.25, 0.3) is 0 Å². The molecule has 0 saturated heterocycles. The quantitative estimate of drug-likeness (QED) is 0.214. The van der Waals surface area contributed by atoms with Gasteiger partial charge in [0.15, 0.2) is 11.6 Å². The Labute approximate surface area is 252 Å². The zero-order chi connectivity index (χ0) is 29.0. The van der Waals surface area contributed by atoms with Crippen LogP contribution in [0, 0.1) is 0 Å². The van der Waals surface area contributed by atoms with Crippen molar-refractivity contribution < 1.29 is 0 Å². The summed E-state index contributed by atoms with van der Waals surface area (Å²) in [6.45, 7) is 0. The lowest BCUT2D eigenvalue weighted by Gasteiger charge is -2.11. The first kappa shape index (κ1) is 24.5. The number of aromatic nitrogens is 6. The van der Waals surface area contributed by atoms with Crippen LogP contribution in [0.2, 0.25) is 0 Å². The molecule has 0 unspecified atom stereocenters. The summed E-state index contributed by atoms with van der Waals surface area (Å²) in [4.78, 5) is 20.2. The summed E-state index contributed by atoms with van der Waals surface area (Å²) in [6.07, 6.45) is 1.87. The molecule has 6 heteroatoms. The molecule has 0 amide bonds. The van der Waals surface area contributed by atoms with Gasteiger partial charge in [0, 0.05) is 33.8 Å². The van der Waals surface area contributed by atoms with Gasteiger partial charge in [0.2, 0.25) is 5.95 Å². The largest absolute Gasteiger partial charge is 0.308 e. The second-order valence-electron chi connectivity index (χ2n) is 10.8. The van der Waals surface area contributed by atoms with Crippen LogP contribution in [0.25, 0.3) is 78.2 Å². The topological polar surface area (TPSA) is 61.4 Å². The van der Waals surface area contributed by atoms with E-state index < -0.39 is 0 Å². The molecule has 206 valence electrons. The van der Waals surface area contributed by atoms with E-state index in [0.29, 0.717) is 17.6 Å². The minimum atomic E-state index is 0.563. The molecule has 0 aliphatic rings. The van der Waals surface area contributed by atoms with Gasteiger partial charge in [0.1, 0.15) is 0 Å². The lowest BCUT2D eigenvalue weighted by atomic mass is 10.1.